The fourth-order valence-electron chi connectivity index (χ4n) is 1.61. The van der Waals surface area contributed by atoms with Crippen molar-refractivity contribution in [2.75, 3.05) is 6.61 Å². The summed E-state index contributed by atoms with van der Waals surface area (Å²) >= 11 is 0. The van der Waals surface area contributed by atoms with E-state index in [-0.39, 0.29) is 12.4 Å². The van der Waals surface area contributed by atoms with Crippen molar-refractivity contribution in [2.45, 2.75) is 12.5 Å². The van der Waals surface area contributed by atoms with Gasteiger partial charge in [-0.1, -0.05) is 24.3 Å². The Kier molecular flexibility index (Phi) is 2.51. The molecular weight excluding hydrogens is 194 g/mol. The summed E-state index contributed by atoms with van der Waals surface area (Å²) in [6, 6.07) is 6.46. The molecular formula is C11H11NO3. The molecule has 2 N–H and O–H groups in total. The molecule has 1 unspecified atom stereocenters. The van der Waals surface area contributed by atoms with Crippen LogP contribution >= 0.6 is 0 Å². The molecule has 78 valence electrons. The van der Waals surface area contributed by atoms with Crippen molar-refractivity contribution >= 4 is 11.8 Å². The van der Waals surface area contributed by atoms with Gasteiger partial charge in [0.2, 0.25) is 5.78 Å². The first-order chi connectivity index (χ1) is 7.18. The molecule has 1 aliphatic heterocycles. The van der Waals surface area contributed by atoms with Gasteiger partial charge in [-0.2, -0.15) is 0 Å². The number of hydrogen-bond donors (Lipinski definition) is 1. The molecule has 1 heterocycles. The Hall–Kier alpha value is -1.68. The van der Waals surface area contributed by atoms with E-state index < -0.39 is 12.0 Å². The summed E-state index contributed by atoms with van der Waals surface area (Å²) in [5, 5.41) is 0. The zero-order chi connectivity index (χ0) is 10.8. The maximum atomic E-state index is 11.6. The molecule has 1 atom stereocenters. The fourth-order valence-corrected chi connectivity index (χ4v) is 1.61. The summed E-state index contributed by atoms with van der Waals surface area (Å²) in [5.41, 5.74) is 7.03. The zero-order valence-corrected chi connectivity index (χ0v) is 8.10. The van der Waals surface area contributed by atoms with Gasteiger partial charge in [-0.3, -0.25) is 9.59 Å². The second-order valence-corrected chi connectivity index (χ2v) is 3.50. The fraction of sp³-hybridized carbons (Fsp3) is 0.273. The summed E-state index contributed by atoms with van der Waals surface area (Å²) < 4.78 is 4.75. The van der Waals surface area contributed by atoms with Crippen molar-refractivity contribution in [3.8, 4) is 0 Å². The van der Waals surface area contributed by atoms with Gasteiger partial charge >= 0.3 is 5.97 Å². The van der Waals surface area contributed by atoms with Crippen LogP contribution in [0, 0.1) is 0 Å². The number of carbonyl (C=O) groups is 2. The summed E-state index contributed by atoms with van der Waals surface area (Å²) in [6.45, 7) is -0.219. The van der Waals surface area contributed by atoms with Gasteiger partial charge < -0.3 is 10.5 Å². The van der Waals surface area contributed by atoms with E-state index in [9.17, 15) is 9.59 Å². The van der Waals surface area contributed by atoms with Crippen molar-refractivity contribution in [1.82, 2.24) is 0 Å². The smallest absolute Gasteiger partial charge is 0.323 e. The Morgan fingerprint density at radius 3 is 2.80 bits per heavy atom. The van der Waals surface area contributed by atoms with E-state index in [1.165, 1.54) is 0 Å². The molecule has 0 fully saturated rings. The molecule has 0 saturated carbocycles. The van der Waals surface area contributed by atoms with Gasteiger partial charge in [0, 0.05) is 5.56 Å². The first kappa shape index (κ1) is 9.86. The number of ether oxygens (including phenoxy) is 1. The van der Waals surface area contributed by atoms with E-state index in [1.54, 1.807) is 12.1 Å². The van der Waals surface area contributed by atoms with Gasteiger partial charge in [0.1, 0.15) is 6.04 Å². The lowest BCUT2D eigenvalue weighted by Gasteiger charge is -2.17. The molecule has 4 heteroatoms. The van der Waals surface area contributed by atoms with Crippen LogP contribution in [0.15, 0.2) is 24.3 Å². The van der Waals surface area contributed by atoms with Crippen LogP contribution in [0.2, 0.25) is 0 Å². The quantitative estimate of drug-likeness (QED) is 0.618. The predicted octanol–water partition coefficient (Wildman–Crippen LogP) is 0.296. The summed E-state index contributed by atoms with van der Waals surface area (Å²) in [7, 11) is 0. The highest BCUT2D eigenvalue weighted by atomic mass is 16.5. The van der Waals surface area contributed by atoms with Gasteiger partial charge in [0.05, 0.1) is 0 Å². The Morgan fingerprint density at radius 1 is 1.27 bits per heavy atom. The monoisotopic (exact) mass is 205 g/mol. The Balaban J connectivity index is 2.41. The Morgan fingerprint density at radius 2 is 2.00 bits per heavy atom. The highest BCUT2D eigenvalue weighted by molar-refractivity contribution is 6.00. The van der Waals surface area contributed by atoms with Crippen molar-refractivity contribution in [3.05, 3.63) is 35.4 Å². The molecule has 0 saturated heterocycles. The van der Waals surface area contributed by atoms with Crippen LogP contribution in [0.3, 0.4) is 0 Å². The summed E-state index contributed by atoms with van der Waals surface area (Å²) in [6.07, 6.45) is 0.348. The number of benzene rings is 1. The number of rotatable bonds is 0. The summed E-state index contributed by atoms with van der Waals surface area (Å²) in [5.74, 6) is -0.691. The lowest BCUT2D eigenvalue weighted by Crippen LogP contribution is -2.37. The van der Waals surface area contributed by atoms with Crippen LogP contribution < -0.4 is 5.73 Å². The minimum absolute atomic E-state index is 0.175. The molecule has 0 aromatic heterocycles. The third kappa shape index (κ3) is 1.89. The average Bonchev–Trinajstić information content (AvgIpc) is 2.24. The summed E-state index contributed by atoms with van der Waals surface area (Å²) in [4.78, 5) is 22.8. The first-order valence-corrected chi connectivity index (χ1v) is 4.72. The molecule has 0 radical (unpaired) electrons. The number of carbonyl (C=O) groups excluding carboxylic acids is 2. The number of Topliss-reactive ketones (excluding diaryl/α,β-unsaturated/α-hetero) is 1. The van der Waals surface area contributed by atoms with Crippen LogP contribution in [0.25, 0.3) is 0 Å². The van der Waals surface area contributed by atoms with E-state index in [2.05, 4.69) is 0 Å². The van der Waals surface area contributed by atoms with Gasteiger partial charge in [-0.25, -0.2) is 0 Å². The number of hydrogen-bond acceptors (Lipinski definition) is 4. The lowest BCUT2D eigenvalue weighted by atomic mass is 9.97. The molecule has 4 nitrogen and oxygen atoms in total. The highest BCUT2D eigenvalue weighted by Crippen LogP contribution is 2.14. The van der Waals surface area contributed by atoms with E-state index >= 15 is 0 Å². The molecule has 0 aliphatic carbocycles. The lowest BCUT2D eigenvalue weighted by molar-refractivity contribution is -0.144. The van der Waals surface area contributed by atoms with Crippen molar-refractivity contribution in [2.24, 2.45) is 5.73 Å². The number of cyclic esters (lactones) is 1. The maximum Gasteiger partial charge on any atom is 0.323 e. The van der Waals surface area contributed by atoms with E-state index in [1.807, 2.05) is 12.1 Å². The van der Waals surface area contributed by atoms with Crippen molar-refractivity contribution in [3.63, 3.8) is 0 Å². The normalized spacial score (nSPS) is 21.3. The maximum absolute atomic E-state index is 11.6. The molecule has 0 spiro atoms. The largest absolute Gasteiger partial charge is 0.456 e. The highest BCUT2D eigenvalue weighted by Gasteiger charge is 2.23. The van der Waals surface area contributed by atoms with Gasteiger partial charge in [-0.05, 0) is 12.0 Å². The van der Waals surface area contributed by atoms with Crippen LogP contribution in [-0.4, -0.2) is 24.4 Å². The molecule has 1 aliphatic rings. The average molecular weight is 205 g/mol. The van der Waals surface area contributed by atoms with Crippen LogP contribution in [0.1, 0.15) is 15.9 Å². The van der Waals surface area contributed by atoms with Crippen LogP contribution in [0.4, 0.5) is 0 Å². The molecule has 0 bridgehead atoms. The van der Waals surface area contributed by atoms with Crippen molar-refractivity contribution in [1.29, 1.82) is 0 Å². The molecule has 15 heavy (non-hydrogen) atoms. The molecule has 1 aromatic rings. The van der Waals surface area contributed by atoms with E-state index in [0.29, 0.717) is 12.0 Å². The topological polar surface area (TPSA) is 69.4 Å². The third-order valence-electron chi connectivity index (χ3n) is 2.41. The third-order valence-corrected chi connectivity index (χ3v) is 2.41. The second kappa shape index (κ2) is 3.82. The number of fused-ring (bicyclic) bond motifs is 1. The van der Waals surface area contributed by atoms with Gasteiger partial charge in [-0.15, -0.1) is 0 Å². The van der Waals surface area contributed by atoms with E-state index in [0.717, 1.165) is 5.56 Å². The van der Waals surface area contributed by atoms with Gasteiger partial charge in [0.15, 0.2) is 6.61 Å². The second-order valence-electron chi connectivity index (χ2n) is 3.50. The standard InChI is InChI=1S/C11H11NO3/c12-9-5-7-3-1-2-4-8(7)10(13)6-15-11(9)14/h1-4,9H,5-6,12H2. The van der Waals surface area contributed by atoms with Crippen LogP contribution in [-0.2, 0) is 16.0 Å². The van der Waals surface area contributed by atoms with Crippen molar-refractivity contribution < 1.29 is 14.3 Å². The number of ketones is 1. The Labute approximate surface area is 87.0 Å². The zero-order valence-electron chi connectivity index (χ0n) is 8.10. The Bertz CT molecular complexity index is 414. The number of nitrogens with two attached hydrogens (primary N) is 1. The molecule has 1 aromatic carbocycles. The van der Waals surface area contributed by atoms with Crippen LogP contribution in [0.5, 0.6) is 0 Å². The SMILES string of the molecule is NC1Cc2ccccc2C(=O)COC1=O. The minimum Gasteiger partial charge on any atom is -0.456 e. The minimum atomic E-state index is -0.681. The van der Waals surface area contributed by atoms with Gasteiger partial charge in [0.25, 0.3) is 0 Å². The molecule has 0 amide bonds. The predicted molar refractivity (Wildman–Crippen MR) is 53.4 cm³/mol. The van der Waals surface area contributed by atoms with E-state index in [4.69, 9.17) is 10.5 Å². The first-order valence-electron chi connectivity index (χ1n) is 4.72. The molecule has 2 rings (SSSR count). The number of esters is 1.